The number of hydrogen-bond acceptors (Lipinski definition) is 5. The highest BCUT2D eigenvalue weighted by molar-refractivity contribution is 5.98. The van der Waals surface area contributed by atoms with Crippen LogP contribution in [-0.4, -0.2) is 56.7 Å². The topological polar surface area (TPSA) is 71.1 Å². The van der Waals surface area contributed by atoms with Crippen molar-refractivity contribution in [1.29, 1.82) is 0 Å². The van der Waals surface area contributed by atoms with Crippen molar-refractivity contribution in [1.82, 2.24) is 4.90 Å². The third kappa shape index (κ3) is 5.30. The standard InChI is InChI=1S/C26H33N3O4/c1-3-4-13-29-24(30)18-23(25(29)19-5-11-22(32-2)12-6-19)26(31)27-20-7-9-21(10-8-20)28-14-16-33-17-15-28/h5-12,23,25H,3-4,13-18H2,1-2H3,(H,27,31)/t23-,25+/m1/s1. The molecule has 2 aliphatic rings. The van der Waals surface area contributed by atoms with E-state index in [1.165, 1.54) is 0 Å². The first-order valence-corrected chi connectivity index (χ1v) is 11.8. The van der Waals surface area contributed by atoms with E-state index in [2.05, 4.69) is 17.1 Å². The molecule has 2 heterocycles. The van der Waals surface area contributed by atoms with E-state index in [4.69, 9.17) is 9.47 Å². The molecule has 176 valence electrons. The number of nitrogens with zero attached hydrogens (tertiary/aromatic N) is 2. The van der Waals surface area contributed by atoms with Crippen LogP contribution in [0.2, 0.25) is 0 Å². The van der Waals surface area contributed by atoms with Crippen LogP contribution in [0.15, 0.2) is 48.5 Å². The predicted octanol–water partition coefficient (Wildman–Crippen LogP) is 3.86. The number of amides is 2. The van der Waals surface area contributed by atoms with Crippen molar-refractivity contribution in [3.05, 3.63) is 54.1 Å². The van der Waals surface area contributed by atoms with E-state index in [0.717, 1.165) is 61.8 Å². The zero-order valence-corrected chi connectivity index (χ0v) is 19.5. The molecule has 0 radical (unpaired) electrons. The molecule has 2 saturated heterocycles. The van der Waals surface area contributed by atoms with Gasteiger partial charge < -0.3 is 24.6 Å². The molecule has 0 spiro atoms. The van der Waals surface area contributed by atoms with Gasteiger partial charge in [0.2, 0.25) is 11.8 Å². The van der Waals surface area contributed by atoms with Crippen LogP contribution in [0.25, 0.3) is 0 Å². The van der Waals surface area contributed by atoms with Gasteiger partial charge in [0.15, 0.2) is 0 Å². The summed E-state index contributed by atoms with van der Waals surface area (Å²) in [4.78, 5) is 30.4. The van der Waals surface area contributed by atoms with Crippen molar-refractivity contribution in [2.45, 2.75) is 32.2 Å². The second-order valence-electron chi connectivity index (χ2n) is 8.60. The average molecular weight is 452 g/mol. The third-order valence-electron chi connectivity index (χ3n) is 6.49. The molecule has 0 aliphatic carbocycles. The van der Waals surface area contributed by atoms with Crippen molar-refractivity contribution in [2.75, 3.05) is 50.2 Å². The summed E-state index contributed by atoms with van der Waals surface area (Å²) in [5.41, 5.74) is 2.82. The maximum absolute atomic E-state index is 13.3. The highest BCUT2D eigenvalue weighted by atomic mass is 16.5. The quantitative estimate of drug-likeness (QED) is 0.660. The number of nitrogens with one attached hydrogen (secondary N) is 1. The van der Waals surface area contributed by atoms with Gasteiger partial charge >= 0.3 is 0 Å². The fraction of sp³-hybridized carbons (Fsp3) is 0.462. The van der Waals surface area contributed by atoms with Gasteiger partial charge in [0.05, 0.1) is 32.3 Å². The van der Waals surface area contributed by atoms with Crippen LogP contribution < -0.4 is 15.0 Å². The number of likely N-dealkylation sites (tertiary alicyclic amines) is 1. The molecule has 33 heavy (non-hydrogen) atoms. The SMILES string of the molecule is CCCCN1C(=O)C[C@@H](C(=O)Nc2ccc(N3CCOCC3)cc2)[C@@H]1c1ccc(OC)cc1. The van der Waals surface area contributed by atoms with Crippen LogP contribution in [0.5, 0.6) is 5.75 Å². The van der Waals surface area contributed by atoms with E-state index in [-0.39, 0.29) is 24.3 Å². The lowest BCUT2D eigenvalue weighted by Crippen LogP contribution is -2.36. The lowest BCUT2D eigenvalue weighted by molar-refractivity contribution is -0.129. The van der Waals surface area contributed by atoms with Crippen molar-refractivity contribution < 1.29 is 19.1 Å². The highest BCUT2D eigenvalue weighted by Crippen LogP contribution is 2.39. The van der Waals surface area contributed by atoms with Crippen LogP contribution in [0.4, 0.5) is 11.4 Å². The first kappa shape index (κ1) is 23.1. The predicted molar refractivity (Wildman–Crippen MR) is 129 cm³/mol. The number of morpholine rings is 1. The molecule has 7 nitrogen and oxygen atoms in total. The lowest BCUT2D eigenvalue weighted by atomic mass is 9.92. The molecule has 2 aliphatic heterocycles. The monoisotopic (exact) mass is 451 g/mol. The molecular formula is C26H33N3O4. The van der Waals surface area contributed by atoms with Gasteiger partial charge in [-0.2, -0.15) is 0 Å². The smallest absolute Gasteiger partial charge is 0.230 e. The molecular weight excluding hydrogens is 418 g/mol. The van der Waals surface area contributed by atoms with E-state index in [9.17, 15) is 9.59 Å². The Morgan fingerprint density at radius 3 is 2.42 bits per heavy atom. The number of carbonyl (C=O) groups excluding carboxylic acids is 2. The van der Waals surface area contributed by atoms with Crippen LogP contribution in [0.1, 0.15) is 37.8 Å². The normalized spacial score (nSPS) is 20.7. The maximum atomic E-state index is 13.3. The first-order chi connectivity index (χ1) is 16.1. The van der Waals surface area contributed by atoms with Gasteiger partial charge in [-0.05, 0) is 48.4 Å². The minimum absolute atomic E-state index is 0.0343. The molecule has 0 saturated carbocycles. The largest absolute Gasteiger partial charge is 0.497 e. The fourth-order valence-corrected chi connectivity index (χ4v) is 4.64. The summed E-state index contributed by atoms with van der Waals surface area (Å²) in [6, 6.07) is 15.3. The molecule has 1 N–H and O–H groups in total. The van der Waals surface area contributed by atoms with Crippen molar-refractivity contribution >= 4 is 23.2 Å². The van der Waals surface area contributed by atoms with Crippen molar-refractivity contribution in [3.8, 4) is 5.75 Å². The van der Waals surface area contributed by atoms with Gasteiger partial charge in [0.25, 0.3) is 0 Å². The minimum atomic E-state index is -0.443. The average Bonchev–Trinajstić information content (AvgIpc) is 3.19. The minimum Gasteiger partial charge on any atom is -0.497 e. The van der Waals surface area contributed by atoms with Crippen molar-refractivity contribution in [3.63, 3.8) is 0 Å². The summed E-state index contributed by atoms with van der Waals surface area (Å²) in [5, 5.41) is 3.05. The molecule has 7 heteroatoms. The molecule has 2 amide bonds. The highest BCUT2D eigenvalue weighted by Gasteiger charge is 2.44. The van der Waals surface area contributed by atoms with E-state index < -0.39 is 5.92 Å². The Hall–Kier alpha value is -3.06. The number of unbranched alkanes of at least 4 members (excludes halogenated alkanes) is 1. The summed E-state index contributed by atoms with van der Waals surface area (Å²) >= 11 is 0. The van der Waals surface area contributed by atoms with Crippen LogP contribution in [0.3, 0.4) is 0 Å². The molecule has 2 fully saturated rings. The molecule has 0 bridgehead atoms. The van der Waals surface area contributed by atoms with Crippen molar-refractivity contribution in [2.24, 2.45) is 5.92 Å². The maximum Gasteiger partial charge on any atom is 0.230 e. The molecule has 0 unspecified atom stereocenters. The Labute approximate surface area is 195 Å². The van der Waals surface area contributed by atoms with Gasteiger partial charge in [0, 0.05) is 37.4 Å². The second kappa shape index (κ2) is 10.7. The number of ether oxygens (including phenoxy) is 2. The molecule has 2 aromatic carbocycles. The Balaban J connectivity index is 1.50. The van der Waals surface area contributed by atoms with Crippen LogP contribution in [0, 0.1) is 5.92 Å². The molecule has 2 atom stereocenters. The number of rotatable bonds is 8. The number of methoxy groups -OCH3 is 1. The zero-order chi connectivity index (χ0) is 23.2. The molecule has 4 rings (SSSR count). The molecule has 0 aromatic heterocycles. The summed E-state index contributed by atoms with van der Waals surface area (Å²) < 4.78 is 10.7. The Kier molecular flexibility index (Phi) is 7.50. The summed E-state index contributed by atoms with van der Waals surface area (Å²) in [6.45, 7) is 5.96. The summed E-state index contributed by atoms with van der Waals surface area (Å²) in [7, 11) is 1.63. The van der Waals surface area contributed by atoms with Crippen LogP contribution in [-0.2, 0) is 14.3 Å². The number of carbonyl (C=O) groups is 2. The van der Waals surface area contributed by atoms with Gasteiger partial charge in [-0.25, -0.2) is 0 Å². The van der Waals surface area contributed by atoms with Crippen LogP contribution >= 0.6 is 0 Å². The third-order valence-corrected chi connectivity index (χ3v) is 6.49. The van der Waals surface area contributed by atoms with E-state index >= 15 is 0 Å². The van der Waals surface area contributed by atoms with E-state index in [1.54, 1.807) is 7.11 Å². The van der Waals surface area contributed by atoms with Gasteiger partial charge in [-0.3, -0.25) is 9.59 Å². The first-order valence-electron chi connectivity index (χ1n) is 11.8. The summed E-state index contributed by atoms with van der Waals surface area (Å²) in [5.74, 6) is 0.223. The molecule has 2 aromatic rings. The second-order valence-corrected chi connectivity index (χ2v) is 8.60. The van der Waals surface area contributed by atoms with Gasteiger partial charge in [-0.1, -0.05) is 25.5 Å². The summed E-state index contributed by atoms with van der Waals surface area (Å²) in [6.07, 6.45) is 2.12. The van der Waals surface area contributed by atoms with Gasteiger partial charge in [-0.15, -0.1) is 0 Å². The fourth-order valence-electron chi connectivity index (χ4n) is 4.64. The van der Waals surface area contributed by atoms with Gasteiger partial charge in [0.1, 0.15) is 5.75 Å². The number of anilines is 2. The number of hydrogen-bond donors (Lipinski definition) is 1. The Morgan fingerprint density at radius 1 is 1.09 bits per heavy atom. The number of benzene rings is 2. The Bertz CT molecular complexity index is 939. The zero-order valence-electron chi connectivity index (χ0n) is 19.5. The van der Waals surface area contributed by atoms with E-state index in [0.29, 0.717) is 6.54 Å². The lowest BCUT2D eigenvalue weighted by Gasteiger charge is -2.29. The van der Waals surface area contributed by atoms with E-state index in [1.807, 2.05) is 53.4 Å². The Morgan fingerprint density at radius 2 is 1.79 bits per heavy atom.